The molecule has 2 aromatic heterocycles. The molecule has 2 heterocycles. The van der Waals surface area contributed by atoms with Crippen molar-refractivity contribution in [3.8, 4) is 0 Å². The fourth-order valence-corrected chi connectivity index (χ4v) is 3.42. The maximum atomic E-state index is 12.2. The third-order valence-electron chi connectivity index (χ3n) is 5.12. The van der Waals surface area contributed by atoms with Gasteiger partial charge in [-0.3, -0.25) is 14.2 Å². The Kier molecular flexibility index (Phi) is 8.99. The summed E-state index contributed by atoms with van der Waals surface area (Å²) in [4.78, 5) is 40.0. The molecule has 1 N–H and O–H groups in total. The molecular formula is C25H29N5O3. The quantitative estimate of drug-likeness (QED) is 0.428. The lowest BCUT2D eigenvalue weighted by Gasteiger charge is -2.07. The van der Waals surface area contributed by atoms with Gasteiger partial charge in [0, 0.05) is 25.6 Å². The van der Waals surface area contributed by atoms with Gasteiger partial charge in [0.25, 0.3) is 0 Å². The van der Waals surface area contributed by atoms with Gasteiger partial charge in [0.05, 0.1) is 17.8 Å². The van der Waals surface area contributed by atoms with E-state index < -0.39 is 0 Å². The Bertz CT molecular complexity index is 1110. The number of hydrogen-bond donors (Lipinski definition) is 1. The third-order valence-corrected chi connectivity index (χ3v) is 5.12. The smallest absolute Gasteiger partial charge is 0.309 e. The second-order valence-electron chi connectivity index (χ2n) is 7.94. The number of benzene rings is 1. The molecule has 0 aliphatic carbocycles. The van der Waals surface area contributed by atoms with Crippen LogP contribution in [-0.2, 0) is 35.4 Å². The molecule has 3 aromatic rings. The van der Waals surface area contributed by atoms with Crippen LogP contribution >= 0.6 is 0 Å². The number of aromatic nitrogens is 4. The average Bonchev–Trinajstić information content (AvgIpc) is 2.80. The van der Waals surface area contributed by atoms with Gasteiger partial charge in [0.2, 0.25) is 5.91 Å². The molecular weight excluding hydrogens is 418 g/mol. The second-order valence-corrected chi connectivity index (χ2v) is 7.94. The number of carbonyl (C=O) groups excluding carboxylic acids is 2. The first-order chi connectivity index (χ1) is 16.0. The molecule has 0 atom stereocenters. The monoisotopic (exact) mass is 447 g/mol. The van der Waals surface area contributed by atoms with Crippen LogP contribution in [0.1, 0.15) is 49.6 Å². The van der Waals surface area contributed by atoms with Crippen LogP contribution in [0.2, 0.25) is 0 Å². The van der Waals surface area contributed by atoms with E-state index >= 15 is 0 Å². The number of amides is 1. The zero-order valence-corrected chi connectivity index (χ0v) is 18.9. The lowest BCUT2D eigenvalue weighted by molar-refractivity contribution is -0.118. The summed E-state index contributed by atoms with van der Waals surface area (Å²) in [5.41, 5.74) is 1.97. The normalized spacial score (nSPS) is 10.7. The maximum absolute atomic E-state index is 12.2. The average molecular weight is 448 g/mol. The number of hydrogen-bond acceptors (Lipinski definition) is 6. The molecule has 0 saturated heterocycles. The molecule has 172 valence electrons. The van der Waals surface area contributed by atoms with Crippen molar-refractivity contribution < 1.29 is 9.59 Å². The molecule has 0 bridgehead atoms. The summed E-state index contributed by atoms with van der Waals surface area (Å²) in [6, 6.07) is 14.9. The van der Waals surface area contributed by atoms with Crippen LogP contribution in [0.15, 0.2) is 59.5 Å². The molecule has 0 aliphatic heterocycles. The molecule has 3 rings (SSSR count). The van der Waals surface area contributed by atoms with Gasteiger partial charge < -0.3 is 5.32 Å². The van der Waals surface area contributed by atoms with E-state index in [1.165, 1.54) is 0 Å². The summed E-state index contributed by atoms with van der Waals surface area (Å²) < 4.78 is 1.56. The number of aryl methyl sites for hydroxylation is 2. The highest BCUT2D eigenvalue weighted by atomic mass is 16.2. The van der Waals surface area contributed by atoms with Crippen LogP contribution in [0.25, 0.3) is 0 Å². The molecule has 0 unspecified atom stereocenters. The molecule has 0 radical (unpaired) electrons. The molecule has 0 fully saturated rings. The first kappa shape index (κ1) is 24.0. The molecule has 33 heavy (non-hydrogen) atoms. The molecule has 8 heteroatoms. The number of anilines is 1. The number of Topliss-reactive ketones (excluding diaryl/α,β-unsaturated/α-hetero) is 1. The minimum atomic E-state index is -0.327. The van der Waals surface area contributed by atoms with E-state index in [0.717, 1.165) is 36.9 Å². The van der Waals surface area contributed by atoms with E-state index in [1.54, 1.807) is 22.9 Å². The highest BCUT2D eigenvalue weighted by Crippen LogP contribution is 2.08. The van der Waals surface area contributed by atoms with E-state index in [4.69, 9.17) is 0 Å². The third kappa shape index (κ3) is 8.07. The van der Waals surface area contributed by atoms with Crippen LogP contribution in [0, 0.1) is 0 Å². The Morgan fingerprint density at radius 2 is 1.76 bits per heavy atom. The summed E-state index contributed by atoms with van der Waals surface area (Å²) in [6.45, 7) is 2.50. The summed E-state index contributed by atoms with van der Waals surface area (Å²) in [5.74, 6) is 0.392. The van der Waals surface area contributed by atoms with Crippen molar-refractivity contribution in [3.63, 3.8) is 0 Å². The zero-order chi connectivity index (χ0) is 23.5. The largest absolute Gasteiger partial charge is 0.347 e. The van der Waals surface area contributed by atoms with Gasteiger partial charge in [0.15, 0.2) is 5.82 Å². The van der Waals surface area contributed by atoms with Gasteiger partial charge in [0.1, 0.15) is 5.78 Å². The predicted octanol–water partition coefficient (Wildman–Crippen LogP) is 3.15. The molecule has 8 nitrogen and oxygen atoms in total. The number of unbranched alkanes of at least 4 members (excludes halogenated alkanes) is 1. The molecule has 1 aromatic carbocycles. The number of nitrogens with one attached hydrogen (secondary N) is 1. The summed E-state index contributed by atoms with van der Waals surface area (Å²) >= 11 is 0. The van der Waals surface area contributed by atoms with Crippen molar-refractivity contribution in [2.24, 2.45) is 0 Å². The van der Waals surface area contributed by atoms with Crippen LogP contribution in [0.3, 0.4) is 0 Å². The molecule has 1 amide bonds. The zero-order valence-electron chi connectivity index (χ0n) is 18.9. The standard InChI is InChI=1S/C25H29N5O3/c1-2-8-22(31)18-21-14-16-30(25(33)26-21)15-7-6-11-20-12-13-23(29-28-20)27-24(32)17-19-9-4-3-5-10-19/h3-5,9-10,12-14,16H,2,6-8,11,15,17-18H2,1H3,(H,27,29,32). The van der Waals surface area contributed by atoms with E-state index in [0.29, 0.717) is 24.5 Å². The minimum absolute atomic E-state index is 0.102. The maximum Gasteiger partial charge on any atom is 0.347 e. The molecule has 0 spiro atoms. The number of nitrogens with zero attached hydrogens (tertiary/aromatic N) is 4. The van der Waals surface area contributed by atoms with Crippen molar-refractivity contribution in [3.05, 3.63) is 82.2 Å². The number of ketones is 1. The van der Waals surface area contributed by atoms with E-state index in [1.807, 2.05) is 43.3 Å². The van der Waals surface area contributed by atoms with Crippen molar-refractivity contribution in [1.29, 1.82) is 0 Å². The van der Waals surface area contributed by atoms with Crippen LogP contribution < -0.4 is 11.0 Å². The fourth-order valence-electron chi connectivity index (χ4n) is 3.42. The fraction of sp³-hybridized carbons (Fsp3) is 0.360. The SMILES string of the molecule is CCCC(=O)Cc1ccn(CCCCc2ccc(NC(=O)Cc3ccccc3)nn2)c(=O)n1. The van der Waals surface area contributed by atoms with Crippen LogP contribution in [-0.4, -0.2) is 31.4 Å². The molecule has 0 saturated carbocycles. The Morgan fingerprint density at radius 1 is 0.939 bits per heavy atom. The summed E-state index contributed by atoms with van der Waals surface area (Å²) in [5, 5.41) is 11.0. The van der Waals surface area contributed by atoms with Gasteiger partial charge in [-0.1, -0.05) is 37.3 Å². The van der Waals surface area contributed by atoms with Gasteiger partial charge in [-0.05, 0) is 49.4 Å². The Hall–Kier alpha value is -3.68. The van der Waals surface area contributed by atoms with E-state index in [2.05, 4.69) is 20.5 Å². The number of rotatable bonds is 12. The van der Waals surface area contributed by atoms with Crippen molar-refractivity contribution in [2.75, 3.05) is 5.32 Å². The van der Waals surface area contributed by atoms with Crippen molar-refractivity contribution in [1.82, 2.24) is 19.7 Å². The topological polar surface area (TPSA) is 107 Å². The Labute approximate surface area is 193 Å². The van der Waals surface area contributed by atoms with Crippen LogP contribution in [0.4, 0.5) is 5.82 Å². The van der Waals surface area contributed by atoms with Gasteiger partial charge in [-0.2, -0.15) is 10.1 Å². The first-order valence-electron chi connectivity index (χ1n) is 11.3. The first-order valence-corrected chi connectivity index (χ1v) is 11.3. The predicted molar refractivity (Wildman–Crippen MR) is 126 cm³/mol. The summed E-state index contributed by atoms with van der Waals surface area (Å²) in [7, 11) is 0. The highest BCUT2D eigenvalue weighted by Gasteiger charge is 2.07. The molecule has 0 aliphatic rings. The Balaban J connectivity index is 1.40. The van der Waals surface area contributed by atoms with E-state index in [-0.39, 0.29) is 30.2 Å². The van der Waals surface area contributed by atoms with Crippen molar-refractivity contribution in [2.45, 2.75) is 58.4 Å². The highest BCUT2D eigenvalue weighted by molar-refractivity contribution is 5.91. The van der Waals surface area contributed by atoms with Gasteiger partial charge in [-0.25, -0.2) is 4.79 Å². The lowest BCUT2D eigenvalue weighted by Crippen LogP contribution is -2.24. The summed E-state index contributed by atoms with van der Waals surface area (Å²) in [6.07, 6.45) is 5.85. The Morgan fingerprint density at radius 3 is 2.45 bits per heavy atom. The van der Waals surface area contributed by atoms with Gasteiger partial charge >= 0.3 is 5.69 Å². The van der Waals surface area contributed by atoms with Crippen LogP contribution in [0.5, 0.6) is 0 Å². The number of carbonyl (C=O) groups is 2. The lowest BCUT2D eigenvalue weighted by atomic mass is 10.1. The second kappa shape index (κ2) is 12.4. The van der Waals surface area contributed by atoms with Crippen molar-refractivity contribution >= 4 is 17.5 Å². The van der Waals surface area contributed by atoms with Gasteiger partial charge in [-0.15, -0.1) is 5.10 Å². The minimum Gasteiger partial charge on any atom is -0.309 e. The van der Waals surface area contributed by atoms with E-state index in [9.17, 15) is 14.4 Å².